The Balaban J connectivity index is 2.27. The Kier molecular flexibility index (Phi) is 1.90. The molecule has 0 aromatic carbocycles. The van der Waals surface area contributed by atoms with Crippen molar-refractivity contribution in [2.75, 3.05) is 0 Å². The van der Waals surface area contributed by atoms with Gasteiger partial charge in [-0.25, -0.2) is 0 Å². The van der Waals surface area contributed by atoms with Crippen LogP contribution in [0.3, 0.4) is 0 Å². The third-order valence-corrected chi connectivity index (χ3v) is 2.37. The van der Waals surface area contributed by atoms with Crippen LogP contribution in [-0.2, 0) is 7.05 Å². The number of hydrogen-bond donors (Lipinski definition) is 0. The first kappa shape index (κ1) is 9.29. The highest BCUT2D eigenvalue weighted by Gasteiger charge is 2.11. The minimum absolute atomic E-state index is 0.393. The number of aromatic nitrogens is 6. The van der Waals surface area contributed by atoms with Crippen LogP contribution < -0.4 is 0 Å². The van der Waals surface area contributed by atoms with Crippen LogP contribution in [0.25, 0.3) is 17.2 Å². The van der Waals surface area contributed by atoms with E-state index in [1.54, 1.807) is 21.3 Å². The lowest BCUT2D eigenvalue weighted by Gasteiger charge is -1.95. The monoisotopic (exact) mass is 234 g/mol. The molecule has 3 heterocycles. The Morgan fingerprint density at radius 2 is 2.00 bits per heavy atom. The molecule has 3 aromatic heterocycles. The SMILES string of the molecule is Cn1ccc(-c2nnc3ccc(Cl)nn23)n1. The quantitative estimate of drug-likeness (QED) is 0.634. The first-order chi connectivity index (χ1) is 7.74. The Morgan fingerprint density at radius 3 is 2.75 bits per heavy atom. The van der Waals surface area contributed by atoms with Crippen molar-refractivity contribution in [2.45, 2.75) is 0 Å². The summed E-state index contributed by atoms with van der Waals surface area (Å²) in [6.07, 6.45) is 1.83. The van der Waals surface area contributed by atoms with Crippen molar-refractivity contribution in [1.29, 1.82) is 0 Å². The first-order valence-electron chi connectivity index (χ1n) is 4.62. The maximum absolute atomic E-state index is 5.83. The smallest absolute Gasteiger partial charge is 0.205 e. The second-order valence-corrected chi connectivity index (χ2v) is 3.71. The number of hydrogen-bond acceptors (Lipinski definition) is 4. The second kappa shape index (κ2) is 3.28. The molecule has 0 amide bonds. The van der Waals surface area contributed by atoms with Crippen LogP contribution in [0.15, 0.2) is 24.4 Å². The maximum Gasteiger partial charge on any atom is 0.205 e. The standard InChI is InChI=1S/C9H7ClN6/c1-15-5-4-6(13-15)9-12-11-8-3-2-7(10)14-16(8)9/h2-5H,1H3. The number of aryl methyl sites for hydroxylation is 1. The topological polar surface area (TPSA) is 60.9 Å². The van der Waals surface area contributed by atoms with Crippen molar-refractivity contribution >= 4 is 17.2 Å². The van der Waals surface area contributed by atoms with Crippen molar-refractivity contribution in [3.05, 3.63) is 29.5 Å². The first-order valence-corrected chi connectivity index (χ1v) is 5.00. The predicted molar refractivity (Wildman–Crippen MR) is 58.0 cm³/mol. The third kappa shape index (κ3) is 1.35. The maximum atomic E-state index is 5.83. The zero-order valence-electron chi connectivity index (χ0n) is 8.37. The number of nitrogens with zero attached hydrogens (tertiary/aromatic N) is 6. The van der Waals surface area contributed by atoms with Crippen LogP contribution in [0.5, 0.6) is 0 Å². The number of rotatable bonds is 1. The molecule has 0 saturated heterocycles. The summed E-state index contributed by atoms with van der Waals surface area (Å²) in [6.45, 7) is 0. The lowest BCUT2D eigenvalue weighted by molar-refractivity contribution is 0.766. The summed E-state index contributed by atoms with van der Waals surface area (Å²) >= 11 is 5.83. The summed E-state index contributed by atoms with van der Waals surface area (Å²) in [6, 6.07) is 5.28. The van der Waals surface area contributed by atoms with Gasteiger partial charge in [-0.3, -0.25) is 4.68 Å². The Bertz CT molecular complexity index is 655. The molecule has 0 radical (unpaired) electrons. The summed E-state index contributed by atoms with van der Waals surface area (Å²) in [4.78, 5) is 0. The normalized spacial score (nSPS) is 11.1. The molecule has 0 aliphatic rings. The van der Waals surface area contributed by atoms with Crippen molar-refractivity contribution in [2.24, 2.45) is 7.05 Å². The number of fused-ring (bicyclic) bond motifs is 1. The molecule has 0 fully saturated rings. The molecule has 0 atom stereocenters. The molecule has 0 saturated carbocycles. The van der Waals surface area contributed by atoms with Crippen LogP contribution in [0, 0.1) is 0 Å². The van der Waals surface area contributed by atoms with Gasteiger partial charge in [-0.05, 0) is 18.2 Å². The fourth-order valence-corrected chi connectivity index (χ4v) is 1.60. The van der Waals surface area contributed by atoms with E-state index in [2.05, 4.69) is 20.4 Å². The lowest BCUT2D eigenvalue weighted by atomic mass is 10.4. The van der Waals surface area contributed by atoms with E-state index in [-0.39, 0.29) is 0 Å². The van der Waals surface area contributed by atoms with Crippen LogP contribution in [-0.4, -0.2) is 29.6 Å². The highest BCUT2D eigenvalue weighted by molar-refractivity contribution is 6.29. The van der Waals surface area contributed by atoms with E-state index in [4.69, 9.17) is 11.6 Å². The molecule has 0 unspecified atom stereocenters. The van der Waals surface area contributed by atoms with Gasteiger partial charge in [-0.15, -0.1) is 10.2 Å². The average molecular weight is 235 g/mol. The largest absolute Gasteiger partial charge is 0.275 e. The van der Waals surface area contributed by atoms with Crippen LogP contribution in [0.1, 0.15) is 0 Å². The molecule has 80 valence electrons. The van der Waals surface area contributed by atoms with Gasteiger partial charge in [-0.1, -0.05) is 11.6 Å². The minimum atomic E-state index is 0.393. The van der Waals surface area contributed by atoms with E-state index in [1.807, 2.05) is 19.3 Å². The summed E-state index contributed by atoms with van der Waals surface area (Å²) in [5.41, 5.74) is 1.36. The van der Waals surface area contributed by atoms with E-state index >= 15 is 0 Å². The molecule has 0 spiro atoms. The van der Waals surface area contributed by atoms with Gasteiger partial charge in [0.15, 0.2) is 5.65 Å². The molecule has 0 aliphatic heterocycles. The van der Waals surface area contributed by atoms with Crippen molar-refractivity contribution in [3.8, 4) is 11.5 Å². The van der Waals surface area contributed by atoms with Gasteiger partial charge in [0.1, 0.15) is 10.8 Å². The van der Waals surface area contributed by atoms with E-state index < -0.39 is 0 Å². The van der Waals surface area contributed by atoms with E-state index in [0.717, 1.165) is 0 Å². The van der Waals surface area contributed by atoms with Gasteiger partial charge in [0.05, 0.1) is 0 Å². The molecule has 7 heteroatoms. The van der Waals surface area contributed by atoms with Gasteiger partial charge >= 0.3 is 0 Å². The molecule has 0 N–H and O–H groups in total. The van der Waals surface area contributed by atoms with Crippen molar-refractivity contribution < 1.29 is 0 Å². The molecule has 0 aliphatic carbocycles. The summed E-state index contributed by atoms with van der Waals surface area (Å²) in [5.74, 6) is 0.582. The lowest BCUT2D eigenvalue weighted by Crippen LogP contribution is -1.96. The van der Waals surface area contributed by atoms with Crippen LogP contribution in [0.4, 0.5) is 0 Å². The van der Waals surface area contributed by atoms with Crippen molar-refractivity contribution in [1.82, 2.24) is 29.6 Å². The highest BCUT2D eigenvalue weighted by atomic mass is 35.5. The second-order valence-electron chi connectivity index (χ2n) is 3.32. The third-order valence-electron chi connectivity index (χ3n) is 2.17. The summed E-state index contributed by atoms with van der Waals surface area (Å²) in [7, 11) is 1.84. The molecule has 16 heavy (non-hydrogen) atoms. The summed E-state index contributed by atoms with van der Waals surface area (Å²) < 4.78 is 3.27. The predicted octanol–water partition coefficient (Wildman–Crippen LogP) is 1.18. The zero-order chi connectivity index (χ0) is 11.1. The highest BCUT2D eigenvalue weighted by Crippen LogP contribution is 2.15. The number of halogens is 1. The van der Waals surface area contributed by atoms with Gasteiger partial charge in [0.25, 0.3) is 0 Å². The van der Waals surface area contributed by atoms with Gasteiger partial charge in [-0.2, -0.15) is 14.7 Å². The zero-order valence-corrected chi connectivity index (χ0v) is 9.13. The molecule has 0 bridgehead atoms. The fourth-order valence-electron chi connectivity index (χ4n) is 1.46. The average Bonchev–Trinajstić information content (AvgIpc) is 2.83. The van der Waals surface area contributed by atoms with Gasteiger partial charge in [0, 0.05) is 13.2 Å². The molecule has 6 nitrogen and oxygen atoms in total. The van der Waals surface area contributed by atoms with E-state index in [9.17, 15) is 0 Å². The Morgan fingerprint density at radius 1 is 1.12 bits per heavy atom. The van der Waals surface area contributed by atoms with Crippen LogP contribution >= 0.6 is 11.6 Å². The fraction of sp³-hybridized carbons (Fsp3) is 0.111. The summed E-state index contributed by atoms with van der Waals surface area (Å²) in [5, 5.41) is 16.8. The van der Waals surface area contributed by atoms with Gasteiger partial charge in [0.2, 0.25) is 5.82 Å². The molecule has 3 rings (SSSR count). The van der Waals surface area contributed by atoms with Gasteiger partial charge < -0.3 is 0 Å². The molecular weight excluding hydrogens is 228 g/mol. The van der Waals surface area contributed by atoms with Crippen LogP contribution in [0.2, 0.25) is 5.15 Å². The molecule has 3 aromatic rings. The molecular formula is C9H7ClN6. The van der Waals surface area contributed by atoms with Crippen molar-refractivity contribution in [3.63, 3.8) is 0 Å². The Hall–Kier alpha value is -1.95. The van der Waals surface area contributed by atoms with E-state index in [1.165, 1.54) is 0 Å². The van der Waals surface area contributed by atoms with E-state index in [0.29, 0.717) is 22.3 Å². The minimum Gasteiger partial charge on any atom is -0.275 e. The Labute approximate surface area is 95.5 Å².